The van der Waals surface area contributed by atoms with Crippen LogP contribution in [0.4, 0.5) is 10.1 Å². The second-order valence-corrected chi connectivity index (χ2v) is 6.24. The van der Waals surface area contributed by atoms with Gasteiger partial charge in [0.05, 0.1) is 12.8 Å². The van der Waals surface area contributed by atoms with E-state index >= 15 is 0 Å². The summed E-state index contributed by atoms with van der Waals surface area (Å²) < 4.78 is 18.4. The van der Waals surface area contributed by atoms with Gasteiger partial charge in [-0.25, -0.2) is 9.82 Å². The third-order valence-corrected chi connectivity index (χ3v) is 4.06. The number of carbonyl (C=O) groups is 2. The number of rotatable bonds is 7. The van der Waals surface area contributed by atoms with Crippen molar-refractivity contribution in [1.29, 1.82) is 0 Å². The summed E-state index contributed by atoms with van der Waals surface area (Å²) in [4.78, 5) is 24.6. The molecule has 0 aliphatic heterocycles. The Balaban J connectivity index is 1.59. The van der Waals surface area contributed by atoms with E-state index in [9.17, 15) is 14.0 Å². The average molecular weight is 405 g/mol. The van der Waals surface area contributed by atoms with Crippen LogP contribution in [0.1, 0.15) is 33.2 Å². The Hall–Kier alpha value is -4.00. The molecule has 3 rings (SSSR count). The molecule has 0 aliphatic carbocycles. The topological polar surface area (TPSA) is 79.8 Å². The Kier molecular flexibility index (Phi) is 6.89. The molecule has 0 bridgehead atoms. The first-order valence-electron chi connectivity index (χ1n) is 9.28. The van der Waals surface area contributed by atoms with Crippen LogP contribution >= 0.6 is 0 Å². The highest BCUT2D eigenvalue weighted by Gasteiger charge is 2.09. The maximum absolute atomic E-state index is 13.0. The number of nitrogens with one attached hydrogen (secondary N) is 2. The van der Waals surface area contributed by atoms with Gasteiger partial charge >= 0.3 is 0 Å². The molecule has 0 aliphatic rings. The largest absolute Gasteiger partial charge is 0.494 e. The summed E-state index contributed by atoms with van der Waals surface area (Å²) in [5, 5.41) is 6.63. The van der Waals surface area contributed by atoms with Gasteiger partial charge in [-0.1, -0.05) is 6.07 Å². The lowest BCUT2D eigenvalue weighted by Crippen LogP contribution is -2.18. The lowest BCUT2D eigenvalue weighted by atomic mass is 10.1. The van der Waals surface area contributed by atoms with Gasteiger partial charge in [-0.3, -0.25) is 9.59 Å². The lowest BCUT2D eigenvalue weighted by Gasteiger charge is -2.07. The van der Waals surface area contributed by atoms with E-state index in [1.807, 2.05) is 31.2 Å². The van der Waals surface area contributed by atoms with Crippen LogP contribution in [-0.2, 0) is 0 Å². The van der Waals surface area contributed by atoms with Crippen LogP contribution in [0, 0.1) is 5.82 Å². The second-order valence-electron chi connectivity index (χ2n) is 6.24. The monoisotopic (exact) mass is 405 g/mol. The standard InChI is InChI=1S/C23H20FN3O3/c1-2-30-21-12-6-16(7-13-21)15-25-27-23(29)18-4-3-5-20(14-18)26-22(28)17-8-10-19(24)11-9-17/h3-15H,2H2,1H3,(H,26,28)(H,27,29)/b25-15+. The smallest absolute Gasteiger partial charge is 0.271 e. The zero-order chi connectivity index (χ0) is 21.3. The maximum Gasteiger partial charge on any atom is 0.271 e. The van der Waals surface area contributed by atoms with Crippen molar-refractivity contribution in [3.8, 4) is 5.75 Å². The van der Waals surface area contributed by atoms with Crippen molar-refractivity contribution < 1.29 is 18.7 Å². The van der Waals surface area contributed by atoms with E-state index in [0.29, 0.717) is 23.4 Å². The number of benzene rings is 3. The molecule has 0 saturated heterocycles. The van der Waals surface area contributed by atoms with Crippen LogP contribution in [0.25, 0.3) is 0 Å². The summed E-state index contributed by atoms with van der Waals surface area (Å²) in [7, 11) is 0. The molecule has 0 saturated carbocycles. The molecule has 3 aromatic rings. The van der Waals surface area contributed by atoms with Crippen LogP contribution in [0.5, 0.6) is 5.75 Å². The molecule has 0 heterocycles. The van der Waals surface area contributed by atoms with Gasteiger partial charge in [-0.15, -0.1) is 0 Å². The van der Waals surface area contributed by atoms with Crippen molar-refractivity contribution in [3.05, 3.63) is 95.3 Å². The van der Waals surface area contributed by atoms with Crippen molar-refractivity contribution in [3.63, 3.8) is 0 Å². The number of halogens is 1. The number of hydrogen-bond donors (Lipinski definition) is 2. The predicted molar refractivity (Wildman–Crippen MR) is 113 cm³/mol. The van der Waals surface area contributed by atoms with E-state index in [2.05, 4.69) is 15.8 Å². The molecular formula is C23H20FN3O3. The van der Waals surface area contributed by atoms with Crippen LogP contribution in [-0.4, -0.2) is 24.6 Å². The van der Waals surface area contributed by atoms with Gasteiger partial charge in [0.2, 0.25) is 0 Å². The van der Waals surface area contributed by atoms with Crippen LogP contribution in [0.2, 0.25) is 0 Å². The quantitative estimate of drug-likeness (QED) is 0.456. The van der Waals surface area contributed by atoms with Gasteiger partial charge in [-0.2, -0.15) is 5.10 Å². The summed E-state index contributed by atoms with van der Waals surface area (Å²) in [5.74, 6) is -0.481. The Morgan fingerprint density at radius 2 is 1.70 bits per heavy atom. The third-order valence-electron chi connectivity index (χ3n) is 4.06. The lowest BCUT2D eigenvalue weighted by molar-refractivity contribution is 0.0953. The van der Waals surface area contributed by atoms with E-state index in [-0.39, 0.29) is 0 Å². The minimum Gasteiger partial charge on any atom is -0.494 e. The average Bonchev–Trinajstić information content (AvgIpc) is 2.76. The molecule has 3 aromatic carbocycles. The maximum atomic E-state index is 13.0. The molecule has 152 valence electrons. The second kappa shape index (κ2) is 9.97. The molecule has 0 unspecified atom stereocenters. The van der Waals surface area contributed by atoms with Gasteiger partial charge in [0.15, 0.2) is 0 Å². The molecule has 7 heteroatoms. The van der Waals surface area contributed by atoms with E-state index in [4.69, 9.17) is 4.74 Å². The van der Waals surface area contributed by atoms with E-state index < -0.39 is 17.6 Å². The Morgan fingerprint density at radius 3 is 2.40 bits per heavy atom. The molecule has 0 spiro atoms. The summed E-state index contributed by atoms with van der Waals surface area (Å²) in [5.41, 5.74) is 4.33. The van der Waals surface area contributed by atoms with Crippen molar-refractivity contribution in [2.45, 2.75) is 6.92 Å². The summed E-state index contributed by atoms with van der Waals surface area (Å²) in [6.45, 7) is 2.50. The minimum atomic E-state index is -0.421. The first-order chi connectivity index (χ1) is 14.5. The number of nitrogens with zero attached hydrogens (tertiary/aromatic N) is 1. The molecule has 0 aromatic heterocycles. The fraction of sp³-hybridized carbons (Fsp3) is 0.0870. The van der Waals surface area contributed by atoms with E-state index in [1.54, 1.807) is 18.2 Å². The Bertz CT molecular complexity index is 1050. The number of anilines is 1. The van der Waals surface area contributed by atoms with Crippen molar-refractivity contribution in [1.82, 2.24) is 5.43 Å². The normalized spacial score (nSPS) is 10.6. The fourth-order valence-electron chi connectivity index (χ4n) is 2.59. The first-order valence-corrected chi connectivity index (χ1v) is 9.28. The zero-order valence-electron chi connectivity index (χ0n) is 16.3. The van der Waals surface area contributed by atoms with Crippen molar-refractivity contribution in [2.75, 3.05) is 11.9 Å². The summed E-state index contributed by atoms with van der Waals surface area (Å²) in [6, 6.07) is 18.9. The van der Waals surface area contributed by atoms with Crippen LogP contribution in [0.15, 0.2) is 77.9 Å². The Morgan fingerprint density at radius 1 is 0.967 bits per heavy atom. The molecule has 6 nitrogen and oxygen atoms in total. The van der Waals surface area contributed by atoms with E-state index in [1.165, 1.54) is 36.5 Å². The van der Waals surface area contributed by atoms with Gasteiger partial charge in [-0.05, 0) is 79.2 Å². The van der Waals surface area contributed by atoms with Gasteiger partial charge in [0.1, 0.15) is 11.6 Å². The van der Waals surface area contributed by atoms with Crippen molar-refractivity contribution in [2.24, 2.45) is 5.10 Å². The molecule has 0 atom stereocenters. The molecular weight excluding hydrogens is 385 g/mol. The zero-order valence-corrected chi connectivity index (χ0v) is 16.3. The Labute approximate surface area is 173 Å². The van der Waals surface area contributed by atoms with Gasteiger partial charge in [0, 0.05) is 16.8 Å². The molecule has 2 N–H and O–H groups in total. The number of carbonyl (C=O) groups excluding carboxylic acids is 2. The first kappa shape index (κ1) is 20.7. The number of ether oxygens (including phenoxy) is 1. The summed E-state index contributed by atoms with van der Waals surface area (Å²) in [6.07, 6.45) is 1.52. The van der Waals surface area contributed by atoms with Crippen LogP contribution in [0.3, 0.4) is 0 Å². The highest BCUT2D eigenvalue weighted by molar-refractivity contribution is 6.05. The molecule has 2 amide bonds. The predicted octanol–water partition coefficient (Wildman–Crippen LogP) is 4.24. The van der Waals surface area contributed by atoms with E-state index in [0.717, 1.165) is 11.3 Å². The number of hydrazone groups is 1. The number of amides is 2. The molecule has 0 fully saturated rings. The molecule has 0 radical (unpaired) electrons. The van der Waals surface area contributed by atoms with Crippen LogP contribution < -0.4 is 15.5 Å². The number of hydrogen-bond acceptors (Lipinski definition) is 4. The van der Waals surface area contributed by atoms with Gasteiger partial charge < -0.3 is 10.1 Å². The molecule has 30 heavy (non-hydrogen) atoms. The van der Waals surface area contributed by atoms with Gasteiger partial charge in [0.25, 0.3) is 11.8 Å². The fourth-order valence-corrected chi connectivity index (χ4v) is 2.59. The highest BCUT2D eigenvalue weighted by atomic mass is 19.1. The minimum absolute atomic E-state index is 0.311. The SMILES string of the molecule is CCOc1ccc(/C=N/NC(=O)c2cccc(NC(=O)c3ccc(F)cc3)c2)cc1. The third kappa shape index (κ3) is 5.75. The highest BCUT2D eigenvalue weighted by Crippen LogP contribution is 2.13. The summed E-state index contributed by atoms with van der Waals surface area (Å²) >= 11 is 0. The van der Waals surface area contributed by atoms with Crippen molar-refractivity contribution >= 4 is 23.7 Å².